The van der Waals surface area contributed by atoms with E-state index in [2.05, 4.69) is 13.0 Å². The SMILES string of the molecule is CC1(C2CCCCC2)C=C(C2CCCCC2)C(C=O)=C(C2CCCCC2)C1. The van der Waals surface area contributed by atoms with E-state index in [1.165, 1.54) is 120 Å². The van der Waals surface area contributed by atoms with E-state index in [1.807, 2.05) is 0 Å². The number of aldehydes is 1. The molecular weight excluding hydrogens is 328 g/mol. The number of allylic oxidation sites excluding steroid dienone is 4. The molecule has 0 aromatic heterocycles. The molecule has 4 aliphatic rings. The normalized spacial score (nSPS) is 32.4. The quantitative estimate of drug-likeness (QED) is 0.468. The second-order valence-electron chi connectivity index (χ2n) is 10.3. The molecule has 0 N–H and O–H groups in total. The molecule has 3 fully saturated rings. The highest BCUT2D eigenvalue weighted by Gasteiger charge is 2.41. The van der Waals surface area contributed by atoms with Crippen LogP contribution in [-0.2, 0) is 4.79 Å². The molecule has 0 aliphatic heterocycles. The molecule has 27 heavy (non-hydrogen) atoms. The fourth-order valence-electron chi connectivity index (χ4n) is 6.91. The molecular formula is C26H40O. The third-order valence-corrected chi connectivity index (χ3v) is 8.51. The van der Waals surface area contributed by atoms with Gasteiger partial charge >= 0.3 is 0 Å². The summed E-state index contributed by atoms with van der Waals surface area (Å²) in [6.07, 6.45) is 25.6. The summed E-state index contributed by atoms with van der Waals surface area (Å²) in [5.74, 6) is 2.17. The third-order valence-electron chi connectivity index (χ3n) is 8.51. The van der Waals surface area contributed by atoms with E-state index in [1.54, 1.807) is 5.57 Å². The van der Waals surface area contributed by atoms with Gasteiger partial charge in [0, 0.05) is 5.57 Å². The molecule has 0 amide bonds. The van der Waals surface area contributed by atoms with Crippen LogP contribution in [0.15, 0.2) is 22.8 Å². The van der Waals surface area contributed by atoms with Gasteiger partial charge in [0.25, 0.3) is 0 Å². The van der Waals surface area contributed by atoms with Crippen molar-refractivity contribution in [3.63, 3.8) is 0 Å². The second kappa shape index (κ2) is 8.66. The van der Waals surface area contributed by atoms with E-state index in [4.69, 9.17) is 0 Å². The number of hydrogen-bond donors (Lipinski definition) is 0. The zero-order valence-electron chi connectivity index (χ0n) is 17.6. The molecule has 1 unspecified atom stereocenters. The molecule has 0 aromatic rings. The van der Waals surface area contributed by atoms with Gasteiger partial charge in [-0.1, -0.05) is 76.4 Å². The Morgan fingerprint density at radius 1 is 0.778 bits per heavy atom. The standard InChI is InChI=1S/C26H40O/c1-26(22-15-9-4-10-16-22)17-23(20-11-5-2-6-12-20)25(19-27)24(18-26)21-13-7-3-8-14-21/h17,19-22H,2-16,18H2,1H3. The molecule has 150 valence electrons. The van der Waals surface area contributed by atoms with Gasteiger partial charge < -0.3 is 0 Å². The summed E-state index contributed by atoms with van der Waals surface area (Å²) in [6, 6.07) is 0. The molecule has 0 heterocycles. The van der Waals surface area contributed by atoms with Crippen molar-refractivity contribution in [3.05, 3.63) is 22.8 Å². The van der Waals surface area contributed by atoms with Gasteiger partial charge in [0.1, 0.15) is 6.29 Å². The van der Waals surface area contributed by atoms with Crippen LogP contribution >= 0.6 is 0 Å². The van der Waals surface area contributed by atoms with Crippen molar-refractivity contribution in [3.8, 4) is 0 Å². The first-order chi connectivity index (χ1) is 13.2. The van der Waals surface area contributed by atoms with Crippen LogP contribution in [0.2, 0.25) is 0 Å². The Morgan fingerprint density at radius 3 is 1.85 bits per heavy atom. The molecule has 4 aliphatic carbocycles. The van der Waals surface area contributed by atoms with Crippen LogP contribution in [0.25, 0.3) is 0 Å². The average molecular weight is 369 g/mol. The van der Waals surface area contributed by atoms with E-state index in [-0.39, 0.29) is 0 Å². The van der Waals surface area contributed by atoms with Gasteiger partial charge in [-0.05, 0) is 73.7 Å². The zero-order chi connectivity index (χ0) is 18.7. The van der Waals surface area contributed by atoms with Gasteiger partial charge in [0.2, 0.25) is 0 Å². The van der Waals surface area contributed by atoms with Crippen molar-refractivity contribution >= 4 is 6.29 Å². The van der Waals surface area contributed by atoms with Gasteiger partial charge in [0.05, 0.1) is 0 Å². The average Bonchev–Trinajstić information content (AvgIpc) is 2.75. The lowest BCUT2D eigenvalue weighted by molar-refractivity contribution is -0.104. The van der Waals surface area contributed by atoms with Gasteiger partial charge in [-0.15, -0.1) is 0 Å². The minimum atomic E-state index is 0.298. The zero-order valence-corrected chi connectivity index (χ0v) is 17.6. The van der Waals surface area contributed by atoms with Crippen molar-refractivity contribution < 1.29 is 4.79 Å². The van der Waals surface area contributed by atoms with Crippen LogP contribution in [0.1, 0.15) is 110 Å². The van der Waals surface area contributed by atoms with Gasteiger partial charge in [-0.25, -0.2) is 0 Å². The second-order valence-corrected chi connectivity index (χ2v) is 10.3. The molecule has 1 atom stereocenters. The first-order valence-electron chi connectivity index (χ1n) is 12.1. The Morgan fingerprint density at radius 2 is 1.30 bits per heavy atom. The molecule has 0 saturated heterocycles. The summed E-state index contributed by atoms with van der Waals surface area (Å²) in [7, 11) is 0. The molecule has 0 bridgehead atoms. The Balaban J connectivity index is 1.71. The fourth-order valence-corrected chi connectivity index (χ4v) is 6.91. The highest BCUT2D eigenvalue weighted by molar-refractivity contribution is 5.83. The first-order valence-corrected chi connectivity index (χ1v) is 12.1. The van der Waals surface area contributed by atoms with Crippen LogP contribution in [0, 0.1) is 23.2 Å². The maximum absolute atomic E-state index is 12.4. The van der Waals surface area contributed by atoms with Crippen LogP contribution in [0.3, 0.4) is 0 Å². The minimum Gasteiger partial charge on any atom is -0.298 e. The largest absolute Gasteiger partial charge is 0.298 e. The van der Waals surface area contributed by atoms with E-state index >= 15 is 0 Å². The van der Waals surface area contributed by atoms with E-state index in [0.29, 0.717) is 17.3 Å². The van der Waals surface area contributed by atoms with Gasteiger partial charge in [0.15, 0.2) is 0 Å². The van der Waals surface area contributed by atoms with Crippen LogP contribution < -0.4 is 0 Å². The first kappa shape index (κ1) is 19.5. The molecule has 0 spiro atoms. The number of rotatable bonds is 4. The Kier molecular flexibility index (Phi) is 6.25. The Labute approximate surface area is 167 Å². The van der Waals surface area contributed by atoms with Crippen LogP contribution in [-0.4, -0.2) is 6.29 Å². The summed E-state index contributed by atoms with van der Waals surface area (Å²) >= 11 is 0. The molecule has 0 aromatic carbocycles. The topological polar surface area (TPSA) is 17.1 Å². The number of carbonyl (C=O) groups is 1. The Bertz CT molecular complexity index is 579. The summed E-state index contributed by atoms with van der Waals surface area (Å²) in [6.45, 7) is 2.55. The lowest BCUT2D eigenvalue weighted by Gasteiger charge is -2.45. The molecule has 1 nitrogen and oxygen atoms in total. The summed E-state index contributed by atoms with van der Waals surface area (Å²) < 4.78 is 0. The van der Waals surface area contributed by atoms with Gasteiger partial charge in [-0.2, -0.15) is 0 Å². The van der Waals surface area contributed by atoms with Crippen LogP contribution in [0.5, 0.6) is 0 Å². The summed E-state index contributed by atoms with van der Waals surface area (Å²) in [4.78, 5) is 12.4. The fraction of sp³-hybridized carbons (Fsp3) is 0.808. The monoisotopic (exact) mass is 368 g/mol. The highest BCUT2D eigenvalue weighted by Crippen LogP contribution is 2.52. The summed E-state index contributed by atoms with van der Waals surface area (Å²) in [5, 5.41) is 0. The van der Waals surface area contributed by atoms with E-state index < -0.39 is 0 Å². The maximum atomic E-state index is 12.4. The maximum Gasteiger partial charge on any atom is 0.150 e. The number of hydrogen-bond acceptors (Lipinski definition) is 1. The lowest BCUT2D eigenvalue weighted by Crippen LogP contribution is -2.34. The predicted molar refractivity (Wildman–Crippen MR) is 114 cm³/mol. The van der Waals surface area contributed by atoms with Crippen molar-refractivity contribution in [2.45, 2.75) is 110 Å². The summed E-state index contributed by atoms with van der Waals surface area (Å²) in [5.41, 5.74) is 4.54. The predicted octanol–water partition coefficient (Wildman–Crippen LogP) is 7.56. The number of carbonyl (C=O) groups excluding carboxylic acids is 1. The molecule has 3 saturated carbocycles. The van der Waals surface area contributed by atoms with Gasteiger partial charge in [-0.3, -0.25) is 4.79 Å². The Hall–Kier alpha value is -0.850. The van der Waals surface area contributed by atoms with E-state index in [0.717, 1.165) is 5.92 Å². The third kappa shape index (κ3) is 4.13. The van der Waals surface area contributed by atoms with Crippen molar-refractivity contribution in [2.75, 3.05) is 0 Å². The molecule has 0 radical (unpaired) electrons. The highest BCUT2D eigenvalue weighted by atomic mass is 16.1. The van der Waals surface area contributed by atoms with Crippen LogP contribution in [0.4, 0.5) is 0 Å². The molecule has 1 heteroatoms. The van der Waals surface area contributed by atoms with E-state index in [9.17, 15) is 4.79 Å². The smallest absolute Gasteiger partial charge is 0.150 e. The lowest BCUT2D eigenvalue weighted by atomic mass is 9.59. The molecule has 4 rings (SSSR count). The van der Waals surface area contributed by atoms with Crippen molar-refractivity contribution in [2.24, 2.45) is 23.2 Å². The van der Waals surface area contributed by atoms with Crippen molar-refractivity contribution in [1.29, 1.82) is 0 Å². The van der Waals surface area contributed by atoms with Crippen molar-refractivity contribution in [1.82, 2.24) is 0 Å². The minimum absolute atomic E-state index is 0.298.